The number of ketones is 1. The summed E-state index contributed by atoms with van der Waals surface area (Å²) in [6, 6.07) is 6.53. The molecule has 11 heteroatoms. The number of alkyl carbamates (subject to hydrolysis) is 1. The summed E-state index contributed by atoms with van der Waals surface area (Å²) in [7, 11) is 0. The maximum Gasteiger partial charge on any atom is 0.407 e. The fourth-order valence-electron chi connectivity index (χ4n) is 7.04. The van der Waals surface area contributed by atoms with Crippen LogP contribution in [-0.4, -0.2) is 78.9 Å². The lowest BCUT2D eigenvalue weighted by molar-refractivity contribution is -0.145. The van der Waals surface area contributed by atoms with Gasteiger partial charge in [-0.05, 0) is 54.6 Å². The van der Waals surface area contributed by atoms with Crippen LogP contribution in [0.1, 0.15) is 65.7 Å². The van der Waals surface area contributed by atoms with Crippen molar-refractivity contribution in [1.29, 1.82) is 0 Å². The number of amides is 4. The second kappa shape index (κ2) is 15.4. The quantitative estimate of drug-likeness (QED) is 0.154. The summed E-state index contributed by atoms with van der Waals surface area (Å²) in [5, 5.41) is 8.12. The maximum atomic E-state index is 14.3. The number of rotatable bonds is 15. The molecule has 11 nitrogen and oxygen atoms in total. The molecule has 0 aromatic heterocycles. The molecule has 4 amide bonds. The van der Waals surface area contributed by atoms with E-state index in [1.807, 2.05) is 37.3 Å². The number of Topliss-reactive ketones (excluding diaryl/α,β-unsaturated/α-hetero) is 1. The molecule has 2 saturated carbocycles. The summed E-state index contributed by atoms with van der Waals surface area (Å²) >= 11 is 0. The first-order chi connectivity index (χ1) is 21.6. The Morgan fingerprint density at radius 2 is 1.76 bits per heavy atom. The van der Waals surface area contributed by atoms with Gasteiger partial charge < -0.3 is 30.3 Å². The smallest absolute Gasteiger partial charge is 0.407 e. The molecular formula is C34H48N4O7. The third-order valence-corrected chi connectivity index (χ3v) is 9.59. The predicted octanol–water partition coefficient (Wildman–Crippen LogP) is 3.38. The lowest BCUT2D eigenvalue weighted by Gasteiger charge is -2.37. The zero-order valence-electron chi connectivity index (χ0n) is 26.7. The van der Waals surface area contributed by atoms with Gasteiger partial charge in [-0.3, -0.25) is 19.2 Å². The van der Waals surface area contributed by atoms with Crippen molar-refractivity contribution in [2.24, 2.45) is 23.2 Å². The number of hydrogen-bond donors (Lipinski definition) is 3. The number of benzene rings is 1. The van der Waals surface area contributed by atoms with Crippen LogP contribution in [0.5, 0.6) is 5.75 Å². The van der Waals surface area contributed by atoms with Crippen molar-refractivity contribution >= 4 is 29.6 Å². The van der Waals surface area contributed by atoms with Crippen molar-refractivity contribution in [3.05, 3.63) is 43.0 Å². The van der Waals surface area contributed by atoms with Gasteiger partial charge in [-0.2, -0.15) is 0 Å². The Labute approximate surface area is 265 Å². The molecule has 45 heavy (non-hydrogen) atoms. The van der Waals surface area contributed by atoms with Gasteiger partial charge in [0.25, 0.3) is 5.91 Å². The fraction of sp³-hybridized carbons (Fsp3) is 0.618. The Bertz CT molecular complexity index is 1230. The van der Waals surface area contributed by atoms with Crippen LogP contribution in [0.15, 0.2) is 43.0 Å². The SMILES string of the molecule is C=CCNC(=O)C(=O)C(CCC)NC(=O)[C@@H]1[C@@H]2[C@H](CN1C(=O)[C@@H](NC(=O)OCCOc1ccccc1)C1CCCCC1)C2(C)C. The number of ether oxygens (including phenoxy) is 2. The van der Waals surface area contributed by atoms with E-state index in [0.29, 0.717) is 18.7 Å². The van der Waals surface area contributed by atoms with Gasteiger partial charge in [0.2, 0.25) is 17.6 Å². The van der Waals surface area contributed by atoms with Gasteiger partial charge in [0.05, 0.1) is 6.04 Å². The molecule has 1 saturated heterocycles. The van der Waals surface area contributed by atoms with E-state index in [0.717, 1.165) is 32.1 Å². The molecular weight excluding hydrogens is 576 g/mol. The molecule has 1 heterocycles. The van der Waals surface area contributed by atoms with Crippen LogP contribution < -0.4 is 20.7 Å². The van der Waals surface area contributed by atoms with Crippen LogP contribution >= 0.6 is 0 Å². The molecule has 1 unspecified atom stereocenters. The highest BCUT2D eigenvalue weighted by Gasteiger charge is 2.69. The number of para-hydroxylation sites is 1. The van der Waals surface area contributed by atoms with Gasteiger partial charge in [-0.25, -0.2) is 4.79 Å². The summed E-state index contributed by atoms with van der Waals surface area (Å²) in [6.07, 6.45) is 6.16. The van der Waals surface area contributed by atoms with E-state index < -0.39 is 41.8 Å². The summed E-state index contributed by atoms with van der Waals surface area (Å²) in [5.74, 6) is -1.68. The third kappa shape index (κ3) is 8.23. The van der Waals surface area contributed by atoms with Crippen molar-refractivity contribution in [3.8, 4) is 5.75 Å². The van der Waals surface area contributed by atoms with Crippen molar-refractivity contribution in [3.63, 3.8) is 0 Å². The summed E-state index contributed by atoms with van der Waals surface area (Å²) in [4.78, 5) is 68.0. The van der Waals surface area contributed by atoms with Gasteiger partial charge in [0, 0.05) is 13.1 Å². The zero-order chi connectivity index (χ0) is 32.6. The molecule has 2 aliphatic carbocycles. The van der Waals surface area contributed by atoms with Crippen LogP contribution in [-0.2, 0) is 23.9 Å². The van der Waals surface area contributed by atoms with E-state index in [1.54, 1.807) is 4.90 Å². The fourth-order valence-corrected chi connectivity index (χ4v) is 7.04. The minimum atomic E-state index is -1.01. The van der Waals surface area contributed by atoms with E-state index >= 15 is 0 Å². The average Bonchev–Trinajstić information content (AvgIpc) is 3.35. The van der Waals surface area contributed by atoms with Crippen LogP contribution in [0, 0.1) is 23.2 Å². The second-order valence-electron chi connectivity index (χ2n) is 12.9. The molecule has 0 bridgehead atoms. The van der Waals surface area contributed by atoms with Crippen molar-refractivity contribution < 1.29 is 33.4 Å². The Balaban J connectivity index is 1.46. The number of carbonyl (C=O) groups is 5. The normalized spacial score (nSPS) is 23.1. The molecule has 1 aromatic carbocycles. The second-order valence-corrected chi connectivity index (χ2v) is 12.9. The average molecular weight is 625 g/mol. The van der Waals surface area contributed by atoms with Crippen LogP contribution in [0.3, 0.4) is 0 Å². The summed E-state index contributed by atoms with van der Waals surface area (Å²) in [6.45, 7) is 10.3. The third-order valence-electron chi connectivity index (χ3n) is 9.59. The molecule has 4 rings (SSSR count). The van der Waals surface area contributed by atoms with Gasteiger partial charge in [-0.1, -0.05) is 70.7 Å². The lowest BCUT2D eigenvalue weighted by atomic mass is 9.83. The standard InChI is InChI=1S/C34H48N4O7/c1-5-13-25(29(39)31(41)35-18-6-2)36-30(40)28-26-24(34(26,3)4)21-38(28)32(42)27(22-14-9-7-10-15-22)37-33(43)45-20-19-44-23-16-11-8-12-17-23/h6,8,11-12,16-17,22,24-28H,2,5,7,9-10,13-15,18-21H2,1,3-4H3,(H,35,41)(H,36,40)(H,37,43)/t24-,25?,26-,27-,28-/m0/s1. The van der Waals surface area contributed by atoms with Crippen LogP contribution in [0.4, 0.5) is 4.79 Å². The van der Waals surface area contributed by atoms with Crippen molar-refractivity contribution in [2.75, 3.05) is 26.3 Å². The van der Waals surface area contributed by atoms with E-state index in [4.69, 9.17) is 9.47 Å². The molecule has 3 N–H and O–H groups in total. The number of fused-ring (bicyclic) bond motifs is 1. The number of nitrogens with one attached hydrogen (secondary N) is 3. The Morgan fingerprint density at radius 1 is 1.04 bits per heavy atom. The van der Waals surface area contributed by atoms with Crippen LogP contribution in [0.25, 0.3) is 0 Å². The number of likely N-dealkylation sites (tertiary alicyclic amines) is 1. The zero-order valence-corrected chi connectivity index (χ0v) is 26.7. The topological polar surface area (TPSA) is 143 Å². The molecule has 1 aromatic rings. The molecule has 3 aliphatic rings. The molecule has 3 fully saturated rings. The highest BCUT2D eigenvalue weighted by Crippen LogP contribution is 2.65. The predicted molar refractivity (Wildman–Crippen MR) is 168 cm³/mol. The Morgan fingerprint density at radius 3 is 2.42 bits per heavy atom. The van der Waals surface area contributed by atoms with E-state index in [1.165, 1.54) is 6.08 Å². The van der Waals surface area contributed by atoms with Crippen LogP contribution in [0.2, 0.25) is 0 Å². The number of carbonyl (C=O) groups excluding carboxylic acids is 5. The van der Waals surface area contributed by atoms with Gasteiger partial charge >= 0.3 is 6.09 Å². The molecule has 1 aliphatic heterocycles. The van der Waals surface area contributed by atoms with E-state index in [9.17, 15) is 24.0 Å². The van der Waals surface area contributed by atoms with Gasteiger partial charge in [0.1, 0.15) is 31.0 Å². The number of piperidine rings is 1. The largest absolute Gasteiger partial charge is 0.490 e. The Hall–Kier alpha value is -3.89. The minimum absolute atomic E-state index is 0.00656. The molecule has 0 radical (unpaired) electrons. The van der Waals surface area contributed by atoms with Gasteiger partial charge in [-0.15, -0.1) is 6.58 Å². The highest BCUT2D eigenvalue weighted by molar-refractivity contribution is 6.38. The van der Waals surface area contributed by atoms with Crippen molar-refractivity contribution in [2.45, 2.75) is 83.8 Å². The summed E-state index contributed by atoms with van der Waals surface area (Å²) < 4.78 is 11.0. The summed E-state index contributed by atoms with van der Waals surface area (Å²) in [5.41, 5.74) is -0.157. The molecule has 246 valence electrons. The van der Waals surface area contributed by atoms with Gasteiger partial charge in [0.15, 0.2) is 0 Å². The first-order valence-corrected chi connectivity index (χ1v) is 16.2. The lowest BCUT2D eigenvalue weighted by Crippen LogP contribution is -2.59. The first-order valence-electron chi connectivity index (χ1n) is 16.2. The number of nitrogens with zero attached hydrogens (tertiary/aromatic N) is 1. The first kappa shape index (κ1) is 34.0. The monoisotopic (exact) mass is 624 g/mol. The van der Waals surface area contributed by atoms with E-state index in [-0.39, 0.29) is 55.3 Å². The van der Waals surface area contributed by atoms with Crippen molar-refractivity contribution in [1.82, 2.24) is 20.9 Å². The van der Waals surface area contributed by atoms with E-state index in [2.05, 4.69) is 36.4 Å². The molecule has 0 spiro atoms. The number of hydrogen-bond acceptors (Lipinski definition) is 7. The minimum Gasteiger partial charge on any atom is -0.490 e. The molecule has 5 atom stereocenters. The maximum absolute atomic E-state index is 14.3. The highest BCUT2D eigenvalue weighted by atomic mass is 16.6. The Kier molecular flexibility index (Phi) is 11.6.